The van der Waals surface area contributed by atoms with Crippen LogP contribution in [0, 0.1) is 0 Å². The van der Waals surface area contributed by atoms with Crippen LogP contribution in [-0.4, -0.2) is 35.1 Å². The number of benzene rings is 1. The lowest BCUT2D eigenvalue weighted by Gasteiger charge is -2.35. The zero-order chi connectivity index (χ0) is 14.2. The molecule has 1 N–H and O–H groups in total. The van der Waals surface area contributed by atoms with Gasteiger partial charge in [-0.2, -0.15) is 0 Å². The van der Waals surface area contributed by atoms with Crippen molar-refractivity contribution in [1.82, 2.24) is 9.88 Å². The predicted octanol–water partition coefficient (Wildman–Crippen LogP) is 4.04. The summed E-state index contributed by atoms with van der Waals surface area (Å²) in [7, 11) is 0. The van der Waals surface area contributed by atoms with Gasteiger partial charge in [-0.25, -0.2) is 0 Å². The number of nitrogens with one attached hydrogen (secondary N) is 1. The maximum Gasteiger partial charge on any atom is 0.0934 e. The van der Waals surface area contributed by atoms with Gasteiger partial charge in [-0.3, -0.25) is 4.98 Å². The Bertz CT molecular complexity index is 658. The summed E-state index contributed by atoms with van der Waals surface area (Å²) in [4.78, 5) is 7.26. The second kappa shape index (κ2) is 5.58. The Morgan fingerprint density at radius 1 is 1.24 bits per heavy atom. The lowest BCUT2D eigenvalue weighted by atomic mass is 9.97. The Kier molecular flexibility index (Phi) is 3.59. The first-order valence-electron chi connectivity index (χ1n) is 7.84. The summed E-state index contributed by atoms with van der Waals surface area (Å²) >= 11 is 3.50. The summed E-state index contributed by atoms with van der Waals surface area (Å²) in [5.41, 5.74) is 2.26. The third kappa shape index (κ3) is 2.67. The standard InChI is InChI=1S/C17H20BrN3/c18-13-9-12-3-1-5-16(17(12)19-11-13)20-14-6-8-21-7-2-4-15(21)10-14/h1,3,5,9,11,14-15,20H,2,4,6-8,10H2. The van der Waals surface area contributed by atoms with E-state index in [2.05, 4.69) is 55.4 Å². The average molecular weight is 346 g/mol. The van der Waals surface area contributed by atoms with Crippen molar-refractivity contribution >= 4 is 32.5 Å². The largest absolute Gasteiger partial charge is 0.380 e. The molecule has 4 rings (SSSR count). The fourth-order valence-electron chi connectivity index (χ4n) is 3.83. The summed E-state index contributed by atoms with van der Waals surface area (Å²) < 4.78 is 1.03. The van der Waals surface area contributed by atoms with Crippen LogP contribution in [0.5, 0.6) is 0 Å². The van der Waals surface area contributed by atoms with Gasteiger partial charge in [-0.05, 0) is 60.3 Å². The Morgan fingerprint density at radius 3 is 3.14 bits per heavy atom. The molecule has 2 aliphatic rings. The third-order valence-electron chi connectivity index (χ3n) is 4.86. The Labute approximate surface area is 133 Å². The SMILES string of the molecule is Brc1cnc2c(NC3CCN4CCCC4C3)cccc2c1. The number of anilines is 1. The number of para-hydroxylation sites is 1. The number of aromatic nitrogens is 1. The highest BCUT2D eigenvalue weighted by atomic mass is 79.9. The first kappa shape index (κ1) is 13.5. The van der Waals surface area contributed by atoms with Gasteiger partial charge in [-0.15, -0.1) is 0 Å². The van der Waals surface area contributed by atoms with Gasteiger partial charge in [0, 0.05) is 34.7 Å². The van der Waals surface area contributed by atoms with Gasteiger partial charge in [0.15, 0.2) is 0 Å². The minimum atomic E-state index is 0.584. The highest BCUT2D eigenvalue weighted by Gasteiger charge is 2.31. The summed E-state index contributed by atoms with van der Waals surface area (Å²) in [6.45, 7) is 2.55. The van der Waals surface area contributed by atoms with Crippen molar-refractivity contribution in [2.45, 2.75) is 37.8 Å². The predicted molar refractivity (Wildman–Crippen MR) is 90.7 cm³/mol. The molecule has 3 heterocycles. The normalized spacial score (nSPS) is 26.0. The van der Waals surface area contributed by atoms with Gasteiger partial charge in [-0.1, -0.05) is 12.1 Å². The molecule has 0 spiro atoms. The van der Waals surface area contributed by atoms with E-state index < -0.39 is 0 Å². The van der Waals surface area contributed by atoms with Crippen molar-refractivity contribution in [2.24, 2.45) is 0 Å². The van der Waals surface area contributed by atoms with E-state index in [-0.39, 0.29) is 0 Å². The van der Waals surface area contributed by atoms with Crippen LogP contribution in [0.1, 0.15) is 25.7 Å². The highest BCUT2D eigenvalue weighted by molar-refractivity contribution is 9.10. The van der Waals surface area contributed by atoms with Crippen molar-refractivity contribution in [3.8, 4) is 0 Å². The topological polar surface area (TPSA) is 28.2 Å². The number of nitrogens with zero attached hydrogens (tertiary/aromatic N) is 2. The van der Waals surface area contributed by atoms with Crippen molar-refractivity contribution in [1.29, 1.82) is 0 Å². The molecular formula is C17H20BrN3. The number of hydrogen-bond acceptors (Lipinski definition) is 3. The molecule has 21 heavy (non-hydrogen) atoms. The second-order valence-electron chi connectivity index (χ2n) is 6.23. The van der Waals surface area contributed by atoms with E-state index in [0.717, 1.165) is 16.0 Å². The van der Waals surface area contributed by atoms with Crippen LogP contribution >= 0.6 is 15.9 Å². The fraction of sp³-hybridized carbons (Fsp3) is 0.471. The number of rotatable bonds is 2. The first-order valence-corrected chi connectivity index (χ1v) is 8.64. The van der Waals surface area contributed by atoms with E-state index in [0.29, 0.717) is 6.04 Å². The molecule has 0 aliphatic carbocycles. The van der Waals surface area contributed by atoms with Gasteiger partial charge in [0.25, 0.3) is 0 Å². The average Bonchev–Trinajstić information content (AvgIpc) is 2.95. The van der Waals surface area contributed by atoms with Crippen LogP contribution in [0.25, 0.3) is 10.9 Å². The van der Waals surface area contributed by atoms with Gasteiger partial charge >= 0.3 is 0 Å². The zero-order valence-corrected chi connectivity index (χ0v) is 13.6. The molecule has 1 aromatic heterocycles. The number of halogens is 1. The van der Waals surface area contributed by atoms with E-state index in [1.807, 2.05) is 6.20 Å². The molecule has 4 heteroatoms. The maximum atomic E-state index is 4.59. The molecule has 0 radical (unpaired) electrons. The van der Waals surface area contributed by atoms with Crippen LogP contribution in [0.3, 0.4) is 0 Å². The Hall–Kier alpha value is -1.13. The Morgan fingerprint density at radius 2 is 2.19 bits per heavy atom. The van der Waals surface area contributed by atoms with E-state index in [1.54, 1.807) is 0 Å². The van der Waals surface area contributed by atoms with Gasteiger partial charge in [0.05, 0.1) is 11.2 Å². The van der Waals surface area contributed by atoms with Gasteiger partial charge in [0.2, 0.25) is 0 Å². The quantitative estimate of drug-likeness (QED) is 0.890. The molecule has 2 aromatic rings. The molecule has 2 aliphatic heterocycles. The molecule has 0 amide bonds. The van der Waals surface area contributed by atoms with Gasteiger partial charge in [0.1, 0.15) is 0 Å². The van der Waals surface area contributed by atoms with E-state index >= 15 is 0 Å². The van der Waals surface area contributed by atoms with Crippen LogP contribution in [0.4, 0.5) is 5.69 Å². The second-order valence-corrected chi connectivity index (χ2v) is 7.14. The Balaban J connectivity index is 1.57. The minimum absolute atomic E-state index is 0.584. The number of fused-ring (bicyclic) bond motifs is 2. The maximum absolute atomic E-state index is 4.59. The van der Waals surface area contributed by atoms with E-state index in [1.165, 1.54) is 49.8 Å². The summed E-state index contributed by atoms with van der Waals surface area (Å²) in [5.74, 6) is 0. The molecular weight excluding hydrogens is 326 g/mol. The van der Waals surface area contributed by atoms with Crippen LogP contribution in [0.15, 0.2) is 34.9 Å². The smallest absolute Gasteiger partial charge is 0.0934 e. The lowest BCUT2D eigenvalue weighted by Crippen LogP contribution is -2.42. The highest BCUT2D eigenvalue weighted by Crippen LogP contribution is 2.30. The summed E-state index contributed by atoms with van der Waals surface area (Å²) in [6, 6.07) is 9.91. The van der Waals surface area contributed by atoms with E-state index in [4.69, 9.17) is 0 Å². The molecule has 0 saturated carbocycles. The molecule has 0 bridgehead atoms. The van der Waals surface area contributed by atoms with Crippen LogP contribution < -0.4 is 5.32 Å². The summed E-state index contributed by atoms with van der Waals surface area (Å²) in [6.07, 6.45) is 7.14. The number of piperidine rings is 1. The monoisotopic (exact) mass is 345 g/mol. The van der Waals surface area contributed by atoms with Crippen molar-refractivity contribution in [3.63, 3.8) is 0 Å². The van der Waals surface area contributed by atoms with Crippen molar-refractivity contribution in [3.05, 3.63) is 34.9 Å². The molecule has 110 valence electrons. The lowest BCUT2D eigenvalue weighted by molar-refractivity contribution is 0.188. The molecule has 2 fully saturated rings. The van der Waals surface area contributed by atoms with Crippen molar-refractivity contribution in [2.75, 3.05) is 18.4 Å². The van der Waals surface area contributed by atoms with Crippen LogP contribution in [-0.2, 0) is 0 Å². The summed E-state index contributed by atoms with van der Waals surface area (Å²) in [5, 5.41) is 4.94. The first-order chi connectivity index (χ1) is 10.3. The molecule has 2 saturated heterocycles. The molecule has 2 atom stereocenters. The molecule has 2 unspecified atom stereocenters. The molecule has 1 aromatic carbocycles. The van der Waals surface area contributed by atoms with Crippen molar-refractivity contribution < 1.29 is 0 Å². The number of pyridine rings is 1. The zero-order valence-electron chi connectivity index (χ0n) is 12.1. The van der Waals surface area contributed by atoms with E-state index in [9.17, 15) is 0 Å². The molecule has 3 nitrogen and oxygen atoms in total. The van der Waals surface area contributed by atoms with Gasteiger partial charge < -0.3 is 10.2 Å². The minimum Gasteiger partial charge on any atom is -0.380 e. The fourth-order valence-corrected chi connectivity index (χ4v) is 4.17. The third-order valence-corrected chi connectivity index (χ3v) is 5.29. The number of hydrogen-bond donors (Lipinski definition) is 1. The van der Waals surface area contributed by atoms with Crippen LogP contribution in [0.2, 0.25) is 0 Å².